The first-order valence-electron chi connectivity index (χ1n) is 6.59. The van der Waals surface area contributed by atoms with Crippen LogP contribution in [0.15, 0.2) is 48.5 Å². The normalized spacial score (nSPS) is 9.78. The molecule has 0 fully saturated rings. The number of anilines is 2. The van der Waals surface area contributed by atoms with Crippen LogP contribution in [0.4, 0.5) is 16.2 Å². The molecule has 0 radical (unpaired) electrons. The average molecular weight is 314 g/mol. The van der Waals surface area contributed by atoms with Crippen LogP contribution in [0.5, 0.6) is 0 Å². The van der Waals surface area contributed by atoms with Crippen molar-refractivity contribution in [1.29, 1.82) is 0 Å². The molecule has 0 saturated heterocycles. The van der Waals surface area contributed by atoms with Crippen LogP contribution in [0.1, 0.15) is 20.7 Å². The van der Waals surface area contributed by atoms with Gasteiger partial charge in [-0.25, -0.2) is 14.4 Å². The largest absolute Gasteiger partial charge is 0.478 e. The molecule has 0 bridgehead atoms. The summed E-state index contributed by atoms with van der Waals surface area (Å²) in [6, 6.07) is 11.5. The van der Waals surface area contributed by atoms with Crippen LogP contribution in [0.3, 0.4) is 0 Å². The van der Waals surface area contributed by atoms with Crippen LogP contribution in [0.25, 0.3) is 0 Å². The number of ether oxygens (including phenoxy) is 1. The fourth-order valence-corrected chi connectivity index (χ4v) is 1.83. The van der Waals surface area contributed by atoms with Crippen LogP contribution >= 0.6 is 0 Å². The van der Waals surface area contributed by atoms with Crippen molar-refractivity contribution in [3.63, 3.8) is 0 Å². The lowest BCUT2D eigenvalue weighted by atomic mass is 10.2. The van der Waals surface area contributed by atoms with E-state index >= 15 is 0 Å². The SMILES string of the molecule is COC(=O)c1cccc(NC(=O)Nc2ccc(C(=O)O)cc2)c1. The van der Waals surface area contributed by atoms with E-state index in [1.807, 2.05) is 0 Å². The molecule has 0 unspecified atom stereocenters. The van der Waals surface area contributed by atoms with Crippen molar-refractivity contribution >= 4 is 29.3 Å². The van der Waals surface area contributed by atoms with Gasteiger partial charge in [0.25, 0.3) is 0 Å². The molecule has 23 heavy (non-hydrogen) atoms. The maximum absolute atomic E-state index is 11.9. The van der Waals surface area contributed by atoms with Gasteiger partial charge in [0.2, 0.25) is 0 Å². The molecule has 2 aromatic rings. The zero-order chi connectivity index (χ0) is 16.8. The van der Waals surface area contributed by atoms with Crippen molar-refractivity contribution in [1.82, 2.24) is 0 Å². The number of carboxylic acid groups (broad SMARTS) is 1. The van der Waals surface area contributed by atoms with E-state index < -0.39 is 18.0 Å². The Morgan fingerprint density at radius 1 is 0.913 bits per heavy atom. The molecule has 2 aromatic carbocycles. The van der Waals surface area contributed by atoms with Crippen LogP contribution in [0.2, 0.25) is 0 Å². The molecule has 0 spiro atoms. The first kappa shape index (κ1) is 16.0. The Balaban J connectivity index is 2.02. The number of carbonyl (C=O) groups is 3. The van der Waals surface area contributed by atoms with Gasteiger partial charge in [-0.3, -0.25) is 0 Å². The van der Waals surface area contributed by atoms with Gasteiger partial charge in [0, 0.05) is 11.4 Å². The monoisotopic (exact) mass is 314 g/mol. The van der Waals surface area contributed by atoms with Crippen LogP contribution < -0.4 is 10.6 Å². The molecule has 2 amide bonds. The summed E-state index contributed by atoms with van der Waals surface area (Å²) in [6.45, 7) is 0. The number of methoxy groups -OCH3 is 1. The lowest BCUT2D eigenvalue weighted by Gasteiger charge is -2.09. The van der Waals surface area contributed by atoms with E-state index in [2.05, 4.69) is 15.4 Å². The summed E-state index contributed by atoms with van der Waals surface area (Å²) in [5.41, 5.74) is 1.31. The number of benzene rings is 2. The third kappa shape index (κ3) is 4.31. The molecular weight excluding hydrogens is 300 g/mol. The van der Waals surface area contributed by atoms with Gasteiger partial charge < -0.3 is 20.5 Å². The zero-order valence-electron chi connectivity index (χ0n) is 12.2. The minimum Gasteiger partial charge on any atom is -0.478 e. The number of rotatable bonds is 4. The number of aromatic carboxylic acids is 1. The topological polar surface area (TPSA) is 105 Å². The van der Waals surface area contributed by atoms with Crippen molar-refractivity contribution in [2.75, 3.05) is 17.7 Å². The third-order valence-corrected chi connectivity index (χ3v) is 2.93. The first-order chi connectivity index (χ1) is 11.0. The Hall–Kier alpha value is -3.35. The van der Waals surface area contributed by atoms with Gasteiger partial charge in [-0.1, -0.05) is 6.07 Å². The van der Waals surface area contributed by atoms with E-state index in [4.69, 9.17) is 5.11 Å². The maximum atomic E-state index is 11.9. The van der Waals surface area contributed by atoms with Gasteiger partial charge in [-0.15, -0.1) is 0 Å². The van der Waals surface area contributed by atoms with Gasteiger partial charge >= 0.3 is 18.0 Å². The van der Waals surface area contributed by atoms with Crippen LogP contribution in [-0.4, -0.2) is 30.2 Å². The van der Waals surface area contributed by atoms with Crippen molar-refractivity contribution in [3.8, 4) is 0 Å². The number of hydrogen-bond acceptors (Lipinski definition) is 4. The van der Waals surface area contributed by atoms with Gasteiger partial charge in [0.05, 0.1) is 18.2 Å². The average Bonchev–Trinajstić information content (AvgIpc) is 2.54. The molecule has 0 saturated carbocycles. The van der Waals surface area contributed by atoms with Gasteiger partial charge in [-0.05, 0) is 42.5 Å². The molecule has 3 N–H and O–H groups in total. The van der Waals surface area contributed by atoms with Crippen LogP contribution in [-0.2, 0) is 4.74 Å². The smallest absolute Gasteiger partial charge is 0.337 e. The summed E-state index contributed by atoms with van der Waals surface area (Å²) >= 11 is 0. The molecule has 7 heteroatoms. The molecule has 2 rings (SSSR count). The number of nitrogens with one attached hydrogen (secondary N) is 2. The van der Waals surface area contributed by atoms with E-state index in [0.717, 1.165) is 0 Å². The van der Waals surface area contributed by atoms with Gasteiger partial charge in [0.15, 0.2) is 0 Å². The lowest BCUT2D eigenvalue weighted by Crippen LogP contribution is -2.19. The highest BCUT2D eigenvalue weighted by Gasteiger charge is 2.08. The molecule has 0 atom stereocenters. The molecule has 7 nitrogen and oxygen atoms in total. The Morgan fingerprint density at radius 2 is 1.57 bits per heavy atom. The fraction of sp³-hybridized carbons (Fsp3) is 0.0625. The molecule has 0 aliphatic rings. The molecule has 0 aliphatic carbocycles. The minimum atomic E-state index is -1.04. The fourth-order valence-electron chi connectivity index (χ4n) is 1.83. The zero-order valence-corrected chi connectivity index (χ0v) is 12.2. The van der Waals surface area contributed by atoms with Crippen LogP contribution in [0, 0.1) is 0 Å². The van der Waals surface area contributed by atoms with Crippen molar-refractivity contribution in [2.45, 2.75) is 0 Å². The number of carbonyl (C=O) groups excluding carboxylic acids is 2. The third-order valence-electron chi connectivity index (χ3n) is 2.93. The van der Waals surface area contributed by atoms with E-state index in [0.29, 0.717) is 16.9 Å². The first-order valence-corrected chi connectivity index (χ1v) is 6.59. The van der Waals surface area contributed by atoms with Crippen molar-refractivity contribution in [2.24, 2.45) is 0 Å². The second kappa shape index (κ2) is 7.08. The van der Waals surface area contributed by atoms with Crippen molar-refractivity contribution in [3.05, 3.63) is 59.7 Å². The van der Waals surface area contributed by atoms with Crippen molar-refractivity contribution < 1.29 is 24.2 Å². The number of carboxylic acids is 1. The Bertz CT molecular complexity index is 740. The predicted molar refractivity (Wildman–Crippen MR) is 83.8 cm³/mol. The minimum absolute atomic E-state index is 0.127. The van der Waals surface area contributed by atoms with E-state index in [1.54, 1.807) is 18.2 Å². The standard InChI is InChI=1S/C16H14N2O5/c1-23-15(21)11-3-2-4-13(9-11)18-16(22)17-12-7-5-10(6-8-12)14(19)20/h2-9H,1H3,(H,19,20)(H2,17,18,22). The molecule has 0 aromatic heterocycles. The summed E-state index contributed by atoms with van der Waals surface area (Å²) in [7, 11) is 1.27. The number of urea groups is 1. The molecule has 0 aliphatic heterocycles. The summed E-state index contributed by atoms with van der Waals surface area (Å²) in [5.74, 6) is -1.54. The molecule has 118 valence electrons. The molecular formula is C16H14N2O5. The number of amides is 2. The Morgan fingerprint density at radius 3 is 2.17 bits per heavy atom. The molecule has 0 heterocycles. The van der Waals surface area contributed by atoms with E-state index in [1.165, 1.54) is 37.4 Å². The number of hydrogen-bond donors (Lipinski definition) is 3. The van der Waals surface area contributed by atoms with Gasteiger partial charge in [0.1, 0.15) is 0 Å². The summed E-state index contributed by atoms with van der Waals surface area (Å²) < 4.78 is 4.61. The maximum Gasteiger partial charge on any atom is 0.337 e. The van der Waals surface area contributed by atoms with E-state index in [9.17, 15) is 14.4 Å². The Kier molecular flexibility index (Phi) is 4.93. The van der Waals surface area contributed by atoms with E-state index in [-0.39, 0.29) is 5.56 Å². The Labute approximate surface area is 131 Å². The highest BCUT2D eigenvalue weighted by atomic mass is 16.5. The summed E-state index contributed by atoms with van der Waals surface area (Å²) in [5, 5.41) is 13.9. The number of esters is 1. The lowest BCUT2D eigenvalue weighted by molar-refractivity contribution is 0.0600. The highest BCUT2D eigenvalue weighted by Crippen LogP contribution is 2.13. The predicted octanol–water partition coefficient (Wildman–Crippen LogP) is 2.82. The quantitative estimate of drug-likeness (QED) is 0.753. The second-order valence-corrected chi connectivity index (χ2v) is 4.53. The van der Waals surface area contributed by atoms with Gasteiger partial charge in [-0.2, -0.15) is 0 Å². The second-order valence-electron chi connectivity index (χ2n) is 4.53. The summed E-state index contributed by atoms with van der Waals surface area (Å²) in [6.07, 6.45) is 0. The highest BCUT2D eigenvalue weighted by molar-refractivity contribution is 6.01. The summed E-state index contributed by atoms with van der Waals surface area (Å²) in [4.78, 5) is 34.1.